The lowest BCUT2D eigenvalue weighted by atomic mass is 9.82. The van der Waals surface area contributed by atoms with Gasteiger partial charge < -0.3 is 4.42 Å². The molecule has 0 bridgehead atoms. The lowest BCUT2D eigenvalue weighted by Gasteiger charge is -2.21. The summed E-state index contributed by atoms with van der Waals surface area (Å²) in [6, 6.07) is 57.2. The zero-order chi connectivity index (χ0) is 34.8. The van der Waals surface area contributed by atoms with Crippen LogP contribution in [0.3, 0.4) is 0 Å². The summed E-state index contributed by atoms with van der Waals surface area (Å²) in [6.45, 7) is 4.59. The first-order valence-electron chi connectivity index (χ1n) is 17.7. The SMILES string of the molecule is CC1(C)c2ccccc2-c2ccc(-c3nc(-c4ccccc4)nc(-c4cccc5c4oc4c(-c6cccc(-c7ccccc7)c6)cccc45)n3)cc21. The van der Waals surface area contributed by atoms with Crippen molar-refractivity contribution in [1.29, 1.82) is 0 Å². The molecular weight excluding hydrogens is 635 g/mol. The van der Waals surface area contributed by atoms with E-state index in [2.05, 4.69) is 141 Å². The minimum Gasteiger partial charge on any atom is -0.455 e. The first-order valence-corrected chi connectivity index (χ1v) is 17.7. The number of hydrogen-bond donors (Lipinski definition) is 0. The lowest BCUT2D eigenvalue weighted by Crippen LogP contribution is -2.15. The third kappa shape index (κ3) is 4.79. The minimum absolute atomic E-state index is 0.141. The van der Waals surface area contributed by atoms with Crippen LogP contribution in [0.15, 0.2) is 168 Å². The summed E-state index contributed by atoms with van der Waals surface area (Å²) in [4.78, 5) is 15.4. The van der Waals surface area contributed by atoms with E-state index >= 15 is 0 Å². The summed E-state index contributed by atoms with van der Waals surface area (Å²) < 4.78 is 6.88. The highest BCUT2D eigenvalue weighted by atomic mass is 16.3. The van der Waals surface area contributed by atoms with Crippen molar-refractivity contribution in [1.82, 2.24) is 15.0 Å². The van der Waals surface area contributed by atoms with Crippen molar-refractivity contribution in [2.24, 2.45) is 0 Å². The quantitative estimate of drug-likeness (QED) is 0.183. The van der Waals surface area contributed by atoms with E-state index in [0.717, 1.165) is 55.3 Å². The second-order valence-electron chi connectivity index (χ2n) is 14.0. The smallest absolute Gasteiger partial charge is 0.167 e. The Morgan fingerprint density at radius 1 is 0.365 bits per heavy atom. The van der Waals surface area contributed by atoms with E-state index in [1.807, 2.05) is 36.4 Å². The molecule has 2 heterocycles. The number of furan rings is 1. The van der Waals surface area contributed by atoms with E-state index in [9.17, 15) is 0 Å². The van der Waals surface area contributed by atoms with E-state index in [0.29, 0.717) is 17.5 Å². The molecule has 0 spiro atoms. The number of rotatable bonds is 5. The molecule has 2 aromatic heterocycles. The van der Waals surface area contributed by atoms with Gasteiger partial charge in [0.1, 0.15) is 11.2 Å². The van der Waals surface area contributed by atoms with Crippen LogP contribution in [0.4, 0.5) is 0 Å². The molecule has 7 aromatic carbocycles. The Bertz CT molecular complexity index is 2820. The summed E-state index contributed by atoms with van der Waals surface area (Å²) in [5.74, 6) is 1.82. The Hall–Kier alpha value is -6.65. The molecule has 0 aliphatic heterocycles. The van der Waals surface area contributed by atoms with Gasteiger partial charge in [0, 0.05) is 32.9 Å². The molecule has 0 unspecified atom stereocenters. The summed E-state index contributed by atoms with van der Waals surface area (Å²) >= 11 is 0. The molecule has 4 heteroatoms. The zero-order valence-corrected chi connectivity index (χ0v) is 28.8. The lowest BCUT2D eigenvalue weighted by molar-refractivity contribution is 0.660. The molecule has 0 saturated carbocycles. The van der Waals surface area contributed by atoms with E-state index in [-0.39, 0.29) is 5.41 Å². The van der Waals surface area contributed by atoms with Gasteiger partial charge in [-0.15, -0.1) is 0 Å². The standard InChI is InChI=1S/C48H33N3O/c1-48(2)41-25-10-9-20-36(41)37-27-26-34(29-42(37)48)46-49-45(31-16-7-4-8-17-31)50-47(51-46)40-24-13-23-39-38-22-12-21-35(43(38)52-44(39)40)33-19-11-18-32(28-33)30-14-5-3-6-15-30/h3-29H,1-2H3. The maximum Gasteiger partial charge on any atom is 0.167 e. The molecule has 0 amide bonds. The number of benzene rings is 7. The number of para-hydroxylation sites is 2. The van der Waals surface area contributed by atoms with Gasteiger partial charge in [-0.2, -0.15) is 0 Å². The van der Waals surface area contributed by atoms with Crippen molar-refractivity contribution >= 4 is 21.9 Å². The van der Waals surface area contributed by atoms with Crippen molar-refractivity contribution in [2.75, 3.05) is 0 Å². The Balaban J connectivity index is 1.15. The van der Waals surface area contributed by atoms with E-state index in [4.69, 9.17) is 19.4 Å². The van der Waals surface area contributed by atoms with Crippen molar-refractivity contribution in [2.45, 2.75) is 19.3 Å². The zero-order valence-electron chi connectivity index (χ0n) is 28.8. The normalized spacial score (nSPS) is 13.0. The topological polar surface area (TPSA) is 51.8 Å². The third-order valence-electron chi connectivity index (χ3n) is 10.6. The van der Waals surface area contributed by atoms with Crippen LogP contribution in [-0.4, -0.2) is 15.0 Å². The fraction of sp³-hybridized carbons (Fsp3) is 0.0625. The molecule has 4 nitrogen and oxygen atoms in total. The number of nitrogens with zero attached hydrogens (tertiary/aromatic N) is 3. The highest BCUT2D eigenvalue weighted by molar-refractivity contribution is 6.12. The van der Waals surface area contributed by atoms with Gasteiger partial charge in [-0.25, -0.2) is 15.0 Å². The van der Waals surface area contributed by atoms with Gasteiger partial charge in [0.15, 0.2) is 17.5 Å². The van der Waals surface area contributed by atoms with Crippen LogP contribution in [0, 0.1) is 0 Å². The molecule has 0 fully saturated rings. The fourth-order valence-corrected chi connectivity index (χ4v) is 7.91. The molecule has 9 aromatic rings. The molecule has 0 radical (unpaired) electrons. The van der Waals surface area contributed by atoms with Crippen LogP contribution in [0.5, 0.6) is 0 Å². The van der Waals surface area contributed by atoms with Crippen LogP contribution in [0.2, 0.25) is 0 Å². The first kappa shape index (κ1) is 30.2. The van der Waals surface area contributed by atoms with Crippen molar-refractivity contribution in [3.05, 3.63) is 175 Å². The van der Waals surface area contributed by atoms with Gasteiger partial charge in [0.05, 0.1) is 5.56 Å². The molecule has 1 aliphatic rings. The largest absolute Gasteiger partial charge is 0.455 e. The summed E-state index contributed by atoms with van der Waals surface area (Å²) in [6.07, 6.45) is 0. The third-order valence-corrected chi connectivity index (χ3v) is 10.6. The monoisotopic (exact) mass is 667 g/mol. The van der Waals surface area contributed by atoms with Crippen LogP contribution < -0.4 is 0 Å². The average Bonchev–Trinajstić information content (AvgIpc) is 3.70. The van der Waals surface area contributed by atoms with Crippen LogP contribution in [0.25, 0.3) is 89.5 Å². The Morgan fingerprint density at radius 2 is 0.904 bits per heavy atom. The van der Waals surface area contributed by atoms with Crippen LogP contribution in [0.1, 0.15) is 25.0 Å². The molecule has 0 N–H and O–H groups in total. The van der Waals surface area contributed by atoms with Gasteiger partial charge in [0.2, 0.25) is 0 Å². The maximum absolute atomic E-state index is 6.88. The van der Waals surface area contributed by atoms with Gasteiger partial charge in [-0.1, -0.05) is 159 Å². The second-order valence-corrected chi connectivity index (χ2v) is 14.0. The number of aromatic nitrogens is 3. The molecule has 10 rings (SSSR count). The molecule has 0 saturated heterocycles. The van der Waals surface area contributed by atoms with Gasteiger partial charge >= 0.3 is 0 Å². The minimum atomic E-state index is -0.141. The van der Waals surface area contributed by atoms with Gasteiger partial charge in [-0.05, 0) is 57.1 Å². The first-order chi connectivity index (χ1) is 25.5. The Labute approximate surface area is 302 Å². The van der Waals surface area contributed by atoms with E-state index < -0.39 is 0 Å². The van der Waals surface area contributed by atoms with Crippen LogP contribution >= 0.6 is 0 Å². The highest BCUT2D eigenvalue weighted by Gasteiger charge is 2.35. The number of fused-ring (bicyclic) bond motifs is 6. The fourth-order valence-electron chi connectivity index (χ4n) is 7.91. The molecule has 246 valence electrons. The van der Waals surface area contributed by atoms with Crippen molar-refractivity contribution in [3.8, 4) is 67.5 Å². The number of hydrogen-bond acceptors (Lipinski definition) is 4. The highest BCUT2D eigenvalue weighted by Crippen LogP contribution is 2.49. The average molecular weight is 668 g/mol. The molecule has 52 heavy (non-hydrogen) atoms. The van der Waals surface area contributed by atoms with Crippen LogP contribution in [-0.2, 0) is 5.41 Å². The van der Waals surface area contributed by atoms with E-state index in [1.54, 1.807) is 0 Å². The van der Waals surface area contributed by atoms with Gasteiger partial charge in [0.25, 0.3) is 0 Å². The summed E-state index contributed by atoms with van der Waals surface area (Å²) in [5.41, 5.74) is 13.8. The second kappa shape index (κ2) is 11.7. The Kier molecular flexibility index (Phi) is 6.80. The van der Waals surface area contributed by atoms with Gasteiger partial charge in [-0.3, -0.25) is 0 Å². The molecular formula is C48H33N3O. The summed E-state index contributed by atoms with van der Waals surface area (Å²) in [7, 11) is 0. The maximum atomic E-state index is 6.88. The van der Waals surface area contributed by atoms with E-state index in [1.165, 1.54) is 27.8 Å². The molecule has 1 aliphatic carbocycles. The molecule has 0 atom stereocenters. The van der Waals surface area contributed by atoms with Crippen molar-refractivity contribution in [3.63, 3.8) is 0 Å². The van der Waals surface area contributed by atoms with Crippen molar-refractivity contribution < 1.29 is 4.42 Å². The summed E-state index contributed by atoms with van der Waals surface area (Å²) in [5, 5.41) is 2.08. The Morgan fingerprint density at radius 3 is 1.67 bits per heavy atom. The predicted octanol–water partition coefficient (Wildman–Crippen LogP) is 12.4. The predicted molar refractivity (Wildman–Crippen MR) is 212 cm³/mol.